The Hall–Kier alpha value is -2.82. The van der Waals surface area contributed by atoms with E-state index in [4.69, 9.17) is 9.15 Å². The van der Waals surface area contributed by atoms with Gasteiger partial charge in [-0.3, -0.25) is 4.79 Å². The average Bonchev–Trinajstić information content (AvgIpc) is 2.86. The van der Waals surface area contributed by atoms with Crippen LogP contribution in [0.4, 0.5) is 10.1 Å². The van der Waals surface area contributed by atoms with Crippen LogP contribution in [0.5, 0.6) is 5.75 Å². The molecule has 0 saturated heterocycles. The van der Waals surface area contributed by atoms with Gasteiger partial charge in [-0.15, -0.1) is 0 Å². The summed E-state index contributed by atoms with van der Waals surface area (Å²) in [6, 6.07) is 11.3. The van der Waals surface area contributed by atoms with Crippen LogP contribution in [-0.2, 0) is 0 Å². The number of hydrogen-bond donors (Lipinski definition) is 1. The third kappa shape index (κ3) is 2.41. The monoisotopic (exact) mass is 299 g/mol. The number of para-hydroxylation sites is 1. The van der Waals surface area contributed by atoms with Crippen molar-refractivity contribution >= 4 is 22.6 Å². The summed E-state index contributed by atoms with van der Waals surface area (Å²) in [5.74, 6) is -0.358. The van der Waals surface area contributed by atoms with Gasteiger partial charge in [-0.05, 0) is 25.1 Å². The number of halogens is 1. The fourth-order valence-corrected chi connectivity index (χ4v) is 2.34. The van der Waals surface area contributed by atoms with Gasteiger partial charge in [0.15, 0.2) is 5.76 Å². The molecule has 0 unspecified atom stereocenters. The summed E-state index contributed by atoms with van der Waals surface area (Å²) < 4.78 is 23.9. The molecule has 2 aromatic carbocycles. The highest BCUT2D eigenvalue weighted by atomic mass is 19.1. The fraction of sp³-hybridized carbons (Fsp3) is 0.118. The van der Waals surface area contributed by atoms with Crippen LogP contribution in [0.25, 0.3) is 11.0 Å². The number of carbonyl (C=O) groups is 1. The summed E-state index contributed by atoms with van der Waals surface area (Å²) in [5.41, 5.74) is 1.79. The van der Waals surface area contributed by atoms with Crippen LogP contribution in [0, 0.1) is 12.7 Å². The summed E-state index contributed by atoms with van der Waals surface area (Å²) in [5, 5.41) is 3.57. The largest absolute Gasteiger partial charge is 0.494 e. The van der Waals surface area contributed by atoms with Crippen molar-refractivity contribution < 1.29 is 18.3 Å². The predicted octanol–water partition coefficient (Wildman–Crippen LogP) is 4.14. The first-order valence-electron chi connectivity index (χ1n) is 6.73. The molecular formula is C17H14FNO3. The number of carbonyl (C=O) groups excluding carboxylic acids is 1. The van der Waals surface area contributed by atoms with E-state index in [0.717, 1.165) is 10.9 Å². The minimum absolute atomic E-state index is 0.229. The van der Waals surface area contributed by atoms with Crippen molar-refractivity contribution in [3.63, 3.8) is 0 Å². The third-order valence-electron chi connectivity index (χ3n) is 3.46. The van der Waals surface area contributed by atoms with E-state index in [9.17, 15) is 9.18 Å². The van der Waals surface area contributed by atoms with Gasteiger partial charge < -0.3 is 14.5 Å². The molecule has 3 rings (SSSR count). The number of hydrogen-bond acceptors (Lipinski definition) is 3. The number of anilines is 1. The van der Waals surface area contributed by atoms with Crippen LogP contribution in [0.1, 0.15) is 16.1 Å². The lowest BCUT2D eigenvalue weighted by Crippen LogP contribution is -2.13. The number of ether oxygens (including phenoxy) is 1. The Morgan fingerprint density at radius 3 is 2.73 bits per heavy atom. The molecule has 0 fully saturated rings. The number of benzene rings is 2. The molecule has 1 N–H and O–H groups in total. The highest BCUT2D eigenvalue weighted by molar-refractivity contribution is 6.07. The van der Waals surface area contributed by atoms with E-state index in [0.29, 0.717) is 11.3 Å². The zero-order valence-electron chi connectivity index (χ0n) is 12.1. The lowest BCUT2D eigenvalue weighted by Gasteiger charge is -2.09. The van der Waals surface area contributed by atoms with Gasteiger partial charge in [0.1, 0.15) is 17.1 Å². The van der Waals surface area contributed by atoms with Crippen molar-refractivity contribution in [1.82, 2.24) is 0 Å². The SMILES string of the molecule is COc1cc(F)ccc1NC(=O)c1oc2ccccc2c1C. The van der Waals surface area contributed by atoms with Crippen molar-refractivity contribution in [2.24, 2.45) is 0 Å². The summed E-state index contributed by atoms with van der Waals surface area (Å²) in [6.07, 6.45) is 0. The molecular weight excluding hydrogens is 285 g/mol. The highest BCUT2D eigenvalue weighted by Gasteiger charge is 2.18. The molecule has 1 aromatic heterocycles. The molecule has 1 amide bonds. The van der Waals surface area contributed by atoms with E-state index in [-0.39, 0.29) is 11.5 Å². The molecule has 4 nitrogen and oxygen atoms in total. The molecule has 0 radical (unpaired) electrons. The average molecular weight is 299 g/mol. The minimum Gasteiger partial charge on any atom is -0.494 e. The summed E-state index contributed by atoms with van der Waals surface area (Å²) in [6.45, 7) is 1.82. The molecule has 0 spiro atoms. The molecule has 0 atom stereocenters. The zero-order chi connectivity index (χ0) is 15.7. The fourth-order valence-electron chi connectivity index (χ4n) is 2.34. The normalized spacial score (nSPS) is 10.7. The lowest BCUT2D eigenvalue weighted by molar-refractivity contribution is 0.0997. The lowest BCUT2D eigenvalue weighted by atomic mass is 10.1. The first-order valence-corrected chi connectivity index (χ1v) is 6.73. The van der Waals surface area contributed by atoms with Crippen LogP contribution in [0.3, 0.4) is 0 Å². The highest BCUT2D eigenvalue weighted by Crippen LogP contribution is 2.28. The second-order valence-corrected chi connectivity index (χ2v) is 4.85. The molecule has 0 bridgehead atoms. The van der Waals surface area contributed by atoms with E-state index >= 15 is 0 Å². The quantitative estimate of drug-likeness (QED) is 0.790. The van der Waals surface area contributed by atoms with E-state index in [1.54, 1.807) is 6.07 Å². The smallest absolute Gasteiger partial charge is 0.291 e. The molecule has 22 heavy (non-hydrogen) atoms. The Morgan fingerprint density at radius 2 is 2.00 bits per heavy atom. The van der Waals surface area contributed by atoms with Gasteiger partial charge in [-0.25, -0.2) is 4.39 Å². The van der Waals surface area contributed by atoms with E-state index in [1.165, 1.54) is 25.3 Å². The van der Waals surface area contributed by atoms with Crippen molar-refractivity contribution in [3.8, 4) is 5.75 Å². The van der Waals surface area contributed by atoms with Crippen molar-refractivity contribution in [1.29, 1.82) is 0 Å². The Morgan fingerprint density at radius 1 is 1.23 bits per heavy atom. The summed E-state index contributed by atoms with van der Waals surface area (Å²) >= 11 is 0. The molecule has 3 aromatic rings. The molecule has 0 aliphatic carbocycles. The molecule has 0 saturated carbocycles. The molecule has 5 heteroatoms. The zero-order valence-corrected chi connectivity index (χ0v) is 12.1. The van der Waals surface area contributed by atoms with Gasteiger partial charge in [-0.1, -0.05) is 18.2 Å². The number of aryl methyl sites for hydroxylation is 1. The first kappa shape index (κ1) is 14.1. The van der Waals surface area contributed by atoms with Crippen LogP contribution in [-0.4, -0.2) is 13.0 Å². The molecule has 112 valence electrons. The van der Waals surface area contributed by atoms with Gasteiger partial charge in [0, 0.05) is 17.0 Å². The van der Waals surface area contributed by atoms with Gasteiger partial charge in [0.25, 0.3) is 5.91 Å². The van der Waals surface area contributed by atoms with Gasteiger partial charge in [-0.2, -0.15) is 0 Å². The van der Waals surface area contributed by atoms with Gasteiger partial charge >= 0.3 is 0 Å². The van der Waals surface area contributed by atoms with Gasteiger partial charge in [0.2, 0.25) is 0 Å². The van der Waals surface area contributed by atoms with Crippen molar-refractivity contribution in [3.05, 3.63) is 59.6 Å². The summed E-state index contributed by atoms with van der Waals surface area (Å²) in [4.78, 5) is 12.4. The van der Waals surface area contributed by atoms with Crippen LogP contribution in [0.15, 0.2) is 46.9 Å². The number of fused-ring (bicyclic) bond motifs is 1. The van der Waals surface area contributed by atoms with E-state index in [2.05, 4.69) is 5.32 Å². The number of rotatable bonds is 3. The van der Waals surface area contributed by atoms with Crippen LogP contribution in [0.2, 0.25) is 0 Å². The Balaban J connectivity index is 1.95. The Labute approximate surface area is 126 Å². The van der Waals surface area contributed by atoms with E-state index < -0.39 is 11.7 Å². The Kier molecular flexibility index (Phi) is 3.55. The van der Waals surface area contributed by atoms with Crippen LogP contribution >= 0.6 is 0 Å². The summed E-state index contributed by atoms with van der Waals surface area (Å²) in [7, 11) is 1.41. The second-order valence-electron chi connectivity index (χ2n) is 4.85. The molecule has 1 heterocycles. The number of furan rings is 1. The van der Waals surface area contributed by atoms with E-state index in [1.807, 2.05) is 25.1 Å². The number of nitrogens with one attached hydrogen (secondary N) is 1. The maximum atomic E-state index is 13.2. The standard InChI is InChI=1S/C17H14FNO3/c1-10-12-5-3-4-6-14(12)22-16(10)17(20)19-13-8-7-11(18)9-15(13)21-2/h3-9H,1-2H3,(H,19,20). The topological polar surface area (TPSA) is 51.5 Å². The maximum absolute atomic E-state index is 13.2. The minimum atomic E-state index is -0.435. The maximum Gasteiger partial charge on any atom is 0.291 e. The van der Waals surface area contributed by atoms with Crippen LogP contribution < -0.4 is 10.1 Å². The van der Waals surface area contributed by atoms with Crippen molar-refractivity contribution in [2.45, 2.75) is 6.92 Å². The third-order valence-corrected chi connectivity index (χ3v) is 3.46. The number of amides is 1. The second kappa shape index (κ2) is 5.52. The Bertz CT molecular complexity index is 854. The number of methoxy groups -OCH3 is 1. The first-order chi connectivity index (χ1) is 10.6. The van der Waals surface area contributed by atoms with Crippen molar-refractivity contribution in [2.75, 3.05) is 12.4 Å². The predicted molar refractivity (Wildman–Crippen MR) is 81.9 cm³/mol. The molecule has 0 aliphatic heterocycles. The van der Waals surface area contributed by atoms with Gasteiger partial charge in [0.05, 0.1) is 12.8 Å². The molecule has 0 aliphatic rings.